The van der Waals surface area contributed by atoms with Gasteiger partial charge in [0.2, 0.25) is 5.91 Å². The van der Waals surface area contributed by atoms with Crippen LogP contribution >= 0.6 is 50.3 Å². The van der Waals surface area contributed by atoms with Crippen molar-refractivity contribution in [3.05, 3.63) is 25.7 Å². The monoisotopic (exact) mass is 511 g/mol. The number of ether oxygens (including phenoxy) is 1. The van der Waals surface area contributed by atoms with Gasteiger partial charge >= 0.3 is 5.97 Å². The van der Waals surface area contributed by atoms with Crippen LogP contribution in [0.15, 0.2) is 26.8 Å². The second-order valence-electron chi connectivity index (χ2n) is 4.35. The first-order chi connectivity index (χ1) is 10.9. The minimum Gasteiger partial charge on any atom is -0.496 e. The van der Waals surface area contributed by atoms with E-state index in [-0.39, 0.29) is 12.3 Å². The summed E-state index contributed by atoms with van der Waals surface area (Å²) >= 11 is 6.61. The normalized spacial score (nSPS) is 19.3. The molecule has 1 aromatic rings. The van der Waals surface area contributed by atoms with Gasteiger partial charge in [0, 0.05) is 9.13 Å². The third-order valence-corrected chi connectivity index (χ3v) is 5.38. The van der Waals surface area contributed by atoms with E-state index >= 15 is 0 Å². The topological polar surface area (TPSA) is 100 Å². The predicted molar refractivity (Wildman–Crippen MR) is 100 cm³/mol. The minimum absolute atomic E-state index is 0.247. The number of carbonyl (C=O) groups excluding carboxylic acids is 1. The van der Waals surface area contributed by atoms with Gasteiger partial charge in [-0.1, -0.05) is 11.8 Å². The Labute approximate surface area is 158 Å². The molecule has 1 atom stereocenters. The summed E-state index contributed by atoms with van der Waals surface area (Å²) in [6, 6.07) is 3.70. The molecule has 23 heavy (non-hydrogen) atoms. The van der Waals surface area contributed by atoms with Gasteiger partial charge in [0.15, 0.2) is 5.17 Å². The molecule has 2 N–H and O–H groups in total. The fourth-order valence-corrected chi connectivity index (χ4v) is 3.70. The van der Waals surface area contributed by atoms with Crippen molar-refractivity contribution in [2.45, 2.75) is 11.7 Å². The van der Waals surface area contributed by atoms with E-state index in [1.807, 2.05) is 12.1 Å². The Morgan fingerprint density at radius 2 is 2.35 bits per heavy atom. The maximum Gasteiger partial charge on any atom is 0.305 e. The second kappa shape index (κ2) is 8.11. The molecule has 0 saturated carbocycles. The molecule has 10 heteroatoms. The van der Waals surface area contributed by atoms with Gasteiger partial charge in [-0.3, -0.25) is 9.59 Å². The molecule has 122 valence electrons. The zero-order chi connectivity index (χ0) is 17.0. The third kappa shape index (κ3) is 4.91. The highest BCUT2D eigenvalue weighted by Crippen LogP contribution is 2.28. The highest BCUT2D eigenvalue weighted by molar-refractivity contribution is 14.1. The van der Waals surface area contributed by atoms with Crippen LogP contribution in [0.25, 0.3) is 0 Å². The number of nitrogens with zero attached hydrogens (tertiary/aromatic N) is 2. The summed E-state index contributed by atoms with van der Waals surface area (Å²) in [5.41, 5.74) is 0.832. The average molecular weight is 512 g/mol. The molecule has 7 nitrogen and oxygen atoms in total. The second-order valence-corrected chi connectivity index (χ2v) is 7.56. The van der Waals surface area contributed by atoms with Gasteiger partial charge in [-0.15, -0.1) is 5.10 Å². The summed E-state index contributed by atoms with van der Waals surface area (Å²) in [6.07, 6.45) is 1.30. The number of aliphatic carboxylic acids is 1. The Morgan fingerprint density at radius 1 is 1.61 bits per heavy atom. The number of thioether (sulfide) groups is 1. The molecule has 0 spiro atoms. The van der Waals surface area contributed by atoms with E-state index in [1.165, 1.54) is 0 Å². The molecule has 0 bridgehead atoms. The molecule has 2 rings (SSSR count). The number of hydrogen-bond acceptors (Lipinski definition) is 6. The number of rotatable bonds is 5. The van der Waals surface area contributed by atoms with Crippen LogP contribution in [0.3, 0.4) is 0 Å². The van der Waals surface area contributed by atoms with Gasteiger partial charge in [-0.05, 0) is 50.7 Å². The van der Waals surface area contributed by atoms with Gasteiger partial charge in [-0.2, -0.15) is 5.10 Å². The van der Waals surface area contributed by atoms with Crippen LogP contribution in [0.2, 0.25) is 0 Å². The lowest BCUT2D eigenvalue weighted by molar-refractivity contribution is -0.138. The van der Waals surface area contributed by atoms with E-state index in [2.05, 4.69) is 54.0 Å². The lowest BCUT2D eigenvalue weighted by Gasteiger charge is -2.05. The van der Waals surface area contributed by atoms with E-state index in [0.29, 0.717) is 10.9 Å². The molecule has 0 aliphatic carbocycles. The molecule has 1 aliphatic heterocycles. The van der Waals surface area contributed by atoms with E-state index in [4.69, 9.17) is 9.84 Å². The molecular formula is C13H11BrIN3O4S. The molecule has 1 heterocycles. The van der Waals surface area contributed by atoms with Crippen molar-refractivity contribution in [1.29, 1.82) is 0 Å². The number of carboxylic acids is 1. The van der Waals surface area contributed by atoms with Gasteiger partial charge in [0.05, 0.1) is 24.2 Å². The Bertz CT molecular complexity index is 711. The van der Waals surface area contributed by atoms with Crippen LogP contribution in [-0.2, 0) is 9.59 Å². The van der Waals surface area contributed by atoms with E-state index < -0.39 is 11.2 Å². The molecule has 0 radical (unpaired) electrons. The lowest BCUT2D eigenvalue weighted by atomic mass is 10.2. The Kier molecular flexibility index (Phi) is 6.41. The molecule has 1 saturated heterocycles. The van der Waals surface area contributed by atoms with Crippen molar-refractivity contribution in [2.75, 3.05) is 7.11 Å². The molecule has 1 aliphatic rings. The van der Waals surface area contributed by atoms with Gasteiger partial charge in [0.25, 0.3) is 0 Å². The quantitative estimate of drug-likeness (QED) is 0.359. The smallest absolute Gasteiger partial charge is 0.305 e. The number of halogens is 2. The molecule has 1 fully saturated rings. The Morgan fingerprint density at radius 3 is 3.00 bits per heavy atom. The van der Waals surface area contributed by atoms with E-state index in [9.17, 15) is 9.59 Å². The number of amides is 1. The Balaban J connectivity index is 2.08. The first kappa shape index (κ1) is 18.2. The number of methoxy groups -OCH3 is 1. The molecule has 0 aromatic heterocycles. The maximum absolute atomic E-state index is 11.6. The first-order valence-corrected chi connectivity index (χ1v) is 8.99. The van der Waals surface area contributed by atoms with Crippen molar-refractivity contribution < 1.29 is 19.4 Å². The predicted octanol–water partition coefficient (Wildman–Crippen LogP) is 2.46. The van der Waals surface area contributed by atoms with Crippen LogP contribution in [0.1, 0.15) is 12.0 Å². The number of carboxylic acid groups (broad SMARTS) is 1. The largest absolute Gasteiger partial charge is 0.496 e. The molecular weight excluding hydrogens is 501 g/mol. The summed E-state index contributed by atoms with van der Waals surface area (Å²) in [4.78, 5) is 22.2. The Hall–Kier alpha value is -1.14. The number of amidine groups is 1. The van der Waals surface area contributed by atoms with Crippen molar-refractivity contribution >= 4 is 73.5 Å². The maximum atomic E-state index is 11.6. The fourth-order valence-electron chi connectivity index (χ4n) is 1.69. The number of carbonyl (C=O) groups is 2. The lowest BCUT2D eigenvalue weighted by Crippen LogP contribution is -2.26. The number of hydrogen-bond donors (Lipinski definition) is 2. The third-order valence-electron chi connectivity index (χ3n) is 2.75. The summed E-state index contributed by atoms with van der Waals surface area (Å²) in [5, 5.41) is 18.7. The summed E-state index contributed by atoms with van der Waals surface area (Å²) < 4.78 is 6.92. The van der Waals surface area contributed by atoms with Crippen molar-refractivity contribution in [3.63, 3.8) is 0 Å². The van der Waals surface area contributed by atoms with Crippen LogP contribution < -0.4 is 10.1 Å². The number of nitrogens with one attached hydrogen (secondary N) is 1. The van der Waals surface area contributed by atoms with Gasteiger partial charge in [0.1, 0.15) is 11.0 Å². The zero-order valence-electron chi connectivity index (χ0n) is 11.7. The summed E-state index contributed by atoms with van der Waals surface area (Å²) in [6.45, 7) is 0. The van der Waals surface area contributed by atoms with Gasteiger partial charge in [-0.25, -0.2) is 0 Å². The first-order valence-electron chi connectivity index (χ1n) is 6.24. The van der Waals surface area contributed by atoms with Crippen molar-refractivity contribution in [2.24, 2.45) is 10.2 Å². The zero-order valence-corrected chi connectivity index (χ0v) is 16.3. The SMILES string of the molecule is COc1cc(I)c(C=NN=C2NC(=O)C(CC(=O)O)S2)cc1Br. The van der Waals surface area contributed by atoms with Gasteiger partial charge < -0.3 is 15.2 Å². The van der Waals surface area contributed by atoms with Crippen LogP contribution in [0.4, 0.5) is 0 Å². The van der Waals surface area contributed by atoms with Crippen molar-refractivity contribution in [1.82, 2.24) is 5.32 Å². The fraction of sp³-hybridized carbons (Fsp3) is 0.231. The van der Waals surface area contributed by atoms with Crippen LogP contribution in [0, 0.1) is 3.57 Å². The highest BCUT2D eigenvalue weighted by Gasteiger charge is 2.32. The summed E-state index contributed by atoms with van der Waals surface area (Å²) in [7, 11) is 1.59. The molecule has 1 amide bonds. The van der Waals surface area contributed by atoms with Crippen LogP contribution in [0.5, 0.6) is 5.75 Å². The molecule has 1 aromatic carbocycles. The summed E-state index contributed by atoms with van der Waals surface area (Å²) in [5.74, 6) is -0.679. The van der Waals surface area contributed by atoms with Crippen LogP contribution in [-0.4, -0.2) is 40.7 Å². The molecule has 1 unspecified atom stereocenters. The average Bonchev–Trinajstić information content (AvgIpc) is 2.81. The van der Waals surface area contributed by atoms with E-state index in [1.54, 1.807) is 13.3 Å². The minimum atomic E-state index is -1.03. The highest BCUT2D eigenvalue weighted by atomic mass is 127. The number of benzene rings is 1. The standard InChI is InChI=1S/C13H11BrIN3O4S/c1-22-9-3-8(15)6(2-7(9)14)5-16-18-13-17-12(21)10(23-13)4-11(19)20/h2-3,5,10H,4H2,1H3,(H,19,20)(H,17,18,21). The van der Waals surface area contributed by atoms with Crippen molar-refractivity contribution in [3.8, 4) is 5.75 Å². The van der Waals surface area contributed by atoms with E-state index in [0.717, 1.165) is 25.4 Å².